The summed E-state index contributed by atoms with van der Waals surface area (Å²) in [7, 11) is 0. The van der Waals surface area contributed by atoms with Crippen molar-refractivity contribution in [3.63, 3.8) is 0 Å². The largest absolute Gasteiger partial charge is 0.464 e. The molecule has 0 heterocycles. The number of alkyl halides is 3. The SMILES string of the molecule is C=C(CC(O)(C(=O)OCC)C(F)(F)F)c1ccc(F)cc1. The molecule has 116 valence electrons. The molecule has 1 rings (SSSR count). The minimum absolute atomic E-state index is 0.164. The number of hydrogen-bond donors (Lipinski definition) is 1. The molecule has 0 amide bonds. The molecule has 21 heavy (non-hydrogen) atoms. The van der Waals surface area contributed by atoms with Gasteiger partial charge in [-0.15, -0.1) is 0 Å². The Bertz CT molecular complexity index is 522. The zero-order chi connectivity index (χ0) is 16.3. The first kappa shape index (κ1) is 17.2. The minimum atomic E-state index is -5.22. The Labute approximate surface area is 118 Å². The van der Waals surface area contributed by atoms with Gasteiger partial charge in [-0.1, -0.05) is 18.7 Å². The first-order valence-corrected chi connectivity index (χ1v) is 6.02. The van der Waals surface area contributed by atoms with E-state index in [4.69, 9.17) is 0 Å². The van der Waals surface area contributed by atoms with Crippen LogP contribution in [0.25, 0.3) is 5.57 Å². The van der Waals surface area contributed by atoms with Crippen LogP contribution in [0, 0.1) is 5.82 Å². The maximum atomic E-state index is 13.0. The fraction of sp³-hybridized carbons (Fsp3) is 0.357. The van der Waals surface area contributed by atoms with Gasteiger partial charge in [-0.05, 0) is 30.2 Å². The number of esters is 1. The second-order valence-corrected chi connectivity index (χ2v) is 4.37. The quantitative estimate of drug-likeness (QED) is 0.672. The first-order chi connectivity index (χ1) is 9.61. The van der Waals surface area contributed by atoms with Gasteiger partial charge < -0.3 is 9.84 Å². The van der Waals surface area contributed by atoms with Crippen molar-refractivity contribution in [3.05, 3.63) is 42.2 Å². The number of hydrogen-bond acceptors (Lipinski definition) is 3. The Kier molecular flexibility index (Phi) is 5.11. The third-order valence-corrected chi connectivity index (χ3v) is 2.80. The molecule has 1 aromatic carbocycles. The van der Waals surface area contributed by atoms with Crippen LogP contribution in [-0.4, -0.2) is 29.5 Å². The molecule has 0 radical (unpaired) electrons. The Balaban J connectivity index is 3.04. The van der Waals surface area contributed by atoms with E-state index >= 15 is 0 Å². The molecule has 0 aromatic heterocycles. The van der Waals surface area contributed by atoms with Crippen LogP contribution in [0.5, 0.6) is 0 Å². The van der Waals surface area contributed by atoms with Crippen LogP contribution in [0.1, 0.15) is 18.9 Å². The van der Waals surface area contributed by atoms with Gasteiger partial charge in [0.1, 0.15) is 5.82 Å². The summed E-state index contributed by atoms with van der Waals surface area (Å²) >= 11 is 0. The molecule has 0 bridgehead atoms. The van der Waals surface area contributed by atoms with Crippen molar-refractivity contribution in [1.82, 2.24) is 0 Å². The highest BCUT2D eigenvalue weighted by Gasteiger charge is 2.60. The predicted octanol–water partition coefficient (Wildman–Crippen LogP) is 3.09. The van der Waals surface area contributed by atoms with E-state index in [1.165, 1.54) is 19.1 Å². The first-order valence-electron chi connectivity index (χ1n) is 6.02. The minimum Gasteiger partial charge on any atom is -0.464 e. The maximum Gasteiger partial charge on any atom is 0.428 e. The fourth-order valence-corrected chi connectivity index (χ4v) is 1.64. The summed E-state index contributed by atoms with van der Waals surface area (Å²) in [5.74, 6) is -2.36. The third-order valence-electron chi connectivity index (χ3n) is 2.80. The van der Waals surface area contributed by atoms with E-state index in [-0.39, 0.29) is 17.7 Å². The summed E-state index contributed by atoms with van der Waals surface area (Å²) in [4.78, 5) is 11.4. The van der Waals surface area contributed by atoms with Crippen molar-refractivity contribution < 1.29 is 32.2 Å². The second-order valence-electron chi connectivity index (χ2n) is 4.37. The average molecular weight is 306 g/mol. The lowest BCUT2D eigenvalue weighted by atomic mass is 9.91. The van der Waals surface area contributed by atoms with E-state index in [0.29, 0.717) is 0 Å². The number of ether oxygens (including phenoxy) is 1. The van der Waals surface area contributed by atoms with Gasteiger partial charge in [0.2, 0.25) is 0 Å². The molecule has 7 heteroatoms. The molecule has 1 aromatic rings. The highest BCUT2D eigenvalue weighted by Crippen LogP contribution is 2.38. The molecule has 1 N–H and O–H groups in total. The molecule has 0 spiro atoms. The van der Waals surface area contributed by atoms with Gasteiger partial charge in [-0.3, -0.25) is 0 Å². The van der Waals surface area contributed by atoms with E-state index in [9.17, 15) is 27.5 Å². The standard InChI is InChI=1S/C14H14F4O3/c1-3-21-12(19)13(20,14(16,17)18)8-9(2)10-4-6-11(15)7-5-10/h4-7,20H,2-3,8H2,1H3. The van der Waals surface area contributed by atoms with E-state index < -0.39 is 30.0 Å². The molecular weight excluding hydrogens is 292 g/mol. The summed E-state index contributed by atoms with van der Waals surface area (Å²) in [6.07, 6.45) is -6.32. The lowest BCUT2D eigenvalue weighted by molar-refractivity contribution is -0.260. The summed E-state index contributed by atoms with van der Waals surface area (Å²) < 4.78 is 56.0. The highest BCUT2D eigenvalue weighted by atomic mass is 19.4. The van der Waals surface area contributed by atoms with Crippen LogP contribution in [0.15, 0.2) is 30.8 Å². The van der Waals surface area contributed by atoms with E-state index in [2.05, 4.69) is 11.3 Å². The molecular formula is C14H14F4O3. The van der Waals surface area contributed by atoms with Crippen molar-refractivity contribution in [2.45, 2.75) is 25.1 Å². The Morgan fingerprint density at radius 1 is 1.29 bits per heavy atom. The molecule has 0 aliphatic rings. The maximum absolute atomic E-state index is 13.0. The number of rotatable bonds is 5. The van der Waals surface area contributed by atoms with Crippen LogP contribution >= 0.6 is 0 Å². The summed E-state index contributed by atoms with van der Waals surface area (Å²) in [6, 6.07) is 4.49. The second kappa shape index (κ2) is 6.26. The summed E-state index contributed by atoms with van der Waals surface area (Å²) in [5.41, 5.74) is -3.67. The number of carbonyl (C=O) groups is 1. The van der Waals surface area contributed by atoms with Crippen LogP contribution in [0.2, 0.25) is 0 Å². The number of aliphatic hydroxyl groups is 1. The Morgan fingerprint density at radius 3 is 2.24 bits per heavy atom. The molecule has 1 atom stereocenters. The normalized spacial score (nSPS) is 14.4. The number of carbonyl (C=O) groups excluding carboxylic acids is 1. The van der Waals surface area contributed by atoms with Crippen LogP contribution in [-0.2, 0) is 9.53 Å². The van der Waals surface area contributed by atoms with Crippen molar-refractivity contribution >= 4 is 11.5 Å². The van der Waals surface area contributed by atoms with Gasteiger partial charge in [0, 0.05) is 6.42 Å². The van der Waals surface area contributed by atoms with E-state index in [1.807, 2.05) is 0 Å². The molecule has 3 nitrogen and oxygen atoms in total. The molecule has 0 aliphatic heterocycles. The van der Waals surface area contributed by atoms with Crippen molar-refractivity contribution in [2.75, 3.05) is 6.61 Å². The molecule has 0 saturated heterocycles. The topological polar surface area (TPSA) is 46.5 Å². The van der Waals surface area contributed by atoms with Crippen molar-refractivity contribution in [1.29, 1.82) is 0 Å². The summed E-state index contributed by atoms with van der Waals surface area (Å²) in [5, 5.41) is 9.70. The number of benzene rings is 1. The van der Waals surface area contributed by atoms with Gasteiger partial charge >= 0.3 is 12.1 Å². The van der Waals surface area contributed by atoms with Crippen LogP contribution < -0.4 is 0 Å². The van der Waals surface area contributed by atoms with E-state index in [1.54, 1.807) is 0 Å². The van der Waals surface area contributed by atoms with Crippen LogP contribution in [0.3, 0.4) is 0 Å². The van der Waals surface area contributed by atoms with Gasteiger partial charge in [-0.2, -0.15) is 13.2 Å². The highest BCUT2D eigenvalue weighted by molar-refractivity contribution is 5.83. The average Bonchev–Trinajstić information content (AvgIpc) is 2.38. The Morgan fingerprint density at radius 2 is 1.81 bits per heavy atom. The lowest BCUT2D eigenvalue weighted by Gasteiger charge is -2.28. The zero-order valence-electron chi connectivity index (χ0n) is 11.2. The molecule has 1 unspecified atom stereocenters. The fourth-order valence-electron chi connectivity index (χ4n) is 1.64. The Hall–Kier alpha value is -1.89. The lowest BCUT2D eigenvalue weighted by Crippen LogP contribution is -2.53. The third kappa shape index (κ3) is 3.81. The van der Waals surface area contributed by atoms with Crippen molar-refractivity contribution in [2.24, 2.45) is 0 Å². The molecule has 0 aliphatic carbocycles. The monoisotopic (exact) mass is 306 g/mol. The summed E-state index contributed by atoms with van der Waals surface area (Å²) in [6.45, 7) is 4.42. The van der Waals surface area contributed by atoms with Gasteiger partial charge in [0.05, 0.1) is 6.61 Å². The van der Waals surface area contributed by atoms with Gasteiger partial charge in [0.15, 0.2) is 0 Å². The molecule has 0 saturated carbocycles. The van der Waals surface area contributed by atoms with E-state index in [0.717, 1.165) is 12.1 Å². The van der Waals surface area contributed by atoms with Crippen molar-refractivity contribution in [3.8, 4) is 0 Å². The molecule has 0 fully saturated rings. The number of halogens is 4. The smallest absolute Gasteiger partial charge is 0.428 e. The predicted molar refractivity (Wildman–Crippen MR) is 67.7 cm³/mol. The van der Waals surface area contributed by atoms with Crippen LogP contribution in [0.4, 0.5) is 17.6 Å². The van der Waals surface area contributed by atoms with Gasteiger partial charge in [-0.25, -0.2) is 9.18 Å². The zero-order valence-corrected chi connectivity index (χ0v) is 11.2. The van der Waals surface area contributed by atoms with Gasteiger partial charge in [0.25, 0.3) is 5.60 Å².